The first-order chi connectivity index (χ1) is 40.5. The maximum atomic E-state index is 12.9. The van der Waals surface area contributed by atoms with E-state index in [4.69, 9.17) is 14.2 Å². The lowest BCUT2D eigenvalue weighted by molar-refractivity contribution is -0.167. The second kappa shape index (κ2) is 68.5. The summed E-state index contributed by atoms with van der Waals surface area (Å²) in [6, 6.07) is 0. The number of hydrogen-bond acceptors (Lipinski definition) is 6. The van der Waals surface area contributed by atoms with E-state index in [9.17, 15) is 14.4 Å². The highest BCUT2D eigenvalue weighted by Crippen LogP contribution is 2.15. The minimum absolute atomic E-state index is 0.101. The standard InChI is InChI=1S/C76H122O6/c1-4-7-10-13-16-19-22-25-27-29-31-33-34-35-36-37-38-39-40-41-42-44-45-47-49-51-54-57-60-63-66-69-75(78)81-72-73(71-80-74(77)68-65-62-59-56-53-24-21-18-15-12-9-6-3)82-76(79)70-67-64-61-58-55-52-50-48-46-43-32-30-28-26-23-20-17-14-11-8-5-2/h7-8,10-11,16-17,19-20,25-28,31-33,35-36,38-39,41-43,48,50,55,58,73H,4-6,9,12-15,18,21-24,29-30,34,37,40,44-47,49,51-54,56-57,59-72H2,1-3H3/b10-7-,11-8-,19-16-,20-17-,27-25-,28-26-,33-31-,36-35-,39-38-,42-41-,43-32-,50-48-,58-55-. The second-order valence-electron chi connectivity index (χ2n) is 21.6. The van der Waals surface area contributed by atoms with Crippen LogP contribution in [0.1, 0.15) is 284 Å². The van der Waals surface area contributed by atoms with Gasteiger partial charge in [0.15, 0.2) is 6.10 Å². The number of esters is 3. The lowest BCUT2D eigenvalue weighted by Crippen LogP contribution is -2.30. The summed E-state index contributed by atoms with van der Waals surface area (Å²) in [6.45, 7) is 6.37. The Hall–Kier alpha value is -4.97. The number of allylic oxidation sites excluding steroid dienone is 26. The Morgan fingerprint density at radius 1 is 0.256 bits per heavy atom. The molecule has 0 aromatic heterocycles. The molecule has 0 heterocycles. The summed E-state index contributed by atoms with van der Waals surface area (Å²) in [5.74, 6) is -0.951. The molecule has 6 heteroatoms. The Kier molecular flexibility index (Phi) is 64.4. The van der Waals surface area contributed by atoms with Crippen molar-refractivity contribution in [3.05, 3.63) is 158 Å². The summed E-state index contributed by atoms with van der Waals surface area (Å²) >= 11 is 0. The van der Waals surface area contributed by atoms with Gasteiger partial charge in [0.05, 0.1) is 0 Å². The van der Waals surface area contributed by atoms with E-state index < -0.39 is 6.10 Å². The maximum absolute atomic E-state index is 12.9. The fourth-order valence-corrected chi connectivity index (χ4v) is 8.84. The predicted octanol–water partition coefficient (Wildman–Crippen LogP) is 23.3. The molecule has 0 bridgehead atoms. The number of carbonyl (C=O) groups excluding carboxylic acids is 3. The molecule has 1 atom stereocenters. The van der Waals surface area contributed by atoms with Gasteiger partial charge in [0.25, 0.3) is 0 Å². The summed E-state index contributed by atoms with van der Waals surface area (Å²) in [5.41, 5.74) is 0. The molecular weight excluding hydrogens is 1010 g/mol. The van der Waals surface area contributed by atoms with E-state index in [1.807, 2.05) is 0 Å². The van der Waals surface area contributed by atoms with Crippen LogP contribution in [-0.4, -0.2) is 37.2 Å². The molecule has 0 N–H and O–H groups in total. The molecule has 0 aromatic carbocycles. The fourth-order valence-electron chi connectivity index (χ4n) is 8.84. The summed E-state index contributed by atoms with van der Waals surface area (Å²) in [7, 11) is 0. The Balaban J connectivity index is 4.37. The molecule has 0 aliphatic rings. The molecule has 6 nitrogen and oxygen atoms in total. The van der Waals surface area contributed by atoms with Crippen LogP contribution in [0, 0.1) is 0 Å². The Morgan fingerprint density at radius 3 is 0.768 bits per heavy atom. The smallest absolute Gasteiger partial charge is 0.306 e. The van der Waals surface area contributed by atoms with E-state index in [2.05, 4.69) is 179 Å². The van der Waals surface area contributed by atoms with E-state index in [0.717, 1.165) is 141 Å². The van der Waals surface area contributed by atoms with Crippen LogP contribution in [0.2, 0.25) is 0 Å². The van der Waals surface area contributed by atoms with E-state index in [1.54, 1.807) is 0 Å². The van der Waals surface area contributed by atoms with Crippen molar-refractivity contribution in [1.29, 1.82) is 0 Å². The molecule has 0 saturated heterocycles. The van der Waals surface area contributed by atoms with Crippen molar-refractivity contribution in [3.63, 3.8) is 0 Å². The third-order valence-electron chi connectivity index (χ3n) is 13.8. The minimum atomic E-state index is -0.810. The highest BCUT2D eigenvalue weighted by Gasteiger charge is 2.19. The summed E-state index contributed by atoms with van der Waals surface area (Å²) in [5, 5.41) is 0. The zero-order chi connectivity index (χ0) is 59.2. The van der Waals surface area contributed by atoms with E-state index >= 15 is 0 Å². The van der Waals surface area contributed by atoms with Gasteiger partial charge in [-0.1, -0.05) is 294 Å². The number of carbonyl (C=O) groups is 3. The first kappa shape index (κ1) is 77.0. The first-order valence-electron chi connectivity index (χ1n) is 33.5. The van der Waals surface area contributed by atoms with E-state index in [1.165, 1.54) is 96.3 Å². The van der Waals surface area contributed by atoms with E-state index in [0.29, 0.717) is 19.3 Å². The van der Waals surface area contributed by atoms with Crippen LogP contribution in [0.3, 0.4) is 0 Å². The molecule has 0 aromatic rings. The third kappa shape index (κ3) is 65.8. The Bertz CT molecular complexity index is 1830. The van der Waals surface area contributed by atoms with Crippen LogP contribution >= 0.6 is 0 Å². The topological polar surface area (TPSA) is 78.9 Å². The predicted molar refractivity (Wildman–Crippen MR) is 357 cm³/mol. The highest BCUT2D eigenvalue weighted by molar-refractivity contribution is 5.71. The van der Waals surface area contributed by atoms with Gasteiger partial charge < -0.3 is 14.2 Å². The highest BCUT2D eigenvalue weighted by atomic mass is 16.6. The molecular formula is C76H122O6. The van der Waals surface area contributed by atoms with Gasteiger partial charge in [-0.15, -0.1) is 0 Å². The molecule has 82 heavy (non-hydrogen) atoms. The van der Waals surface area contributed by atoms with Crippen LogP contribution in [0.5, 0.6) is 0 Å². The molecule has 1 unspecified atom stereocenters. The quantitative estimate of drug-likeness (QED) is 0.0261. The van der Waals surface area contributed by atoms with Gasteiger partial charge in [0.1, 0.15) is 13.2 Å². The minimum Gasteiger partial charge on any atom is -0.462 e. The van der Waals surface area contributed by atoms with Crippen molar-refractivity contribution < 1.29 is 28.6 Å². The van der Waals surface area contributed by atoms with Crippen molar-refractivity contribution >= 4 is 17.9 Å². The lowest BCUT2D eigenvalue weighted by Gasteiger charge is -2.18. The van der Waals surface area contributed by atoms with Gasteiger partial charge in [-0.2, -0.15) is 0 Å². The van der Waals surface area contributed by atoms with Crippen LogP contribution < -0.4 is 0 Å². The summed E-state index contributed by atoms with van der Waals surface area (Å²) < 4.78 is 16.9. The average Bonchev–Trinajstić information content (AvgIpc) is 3.47. The van der Waals surface area contributed by atoms with Crippen molar-refractivity contribution in [1.82, 2.24) is 0 Å². The van der Waals surface area contributed by atoms with Crippen LogP contribution in [-0.2, 0) is 28.6 Å². The van der Waals surface area contributed by atoms with Gasteiger partial charge in [-0.3, -0.25) is 14.4 Å². The van der Waals surface area contributed by atoms with Gasteiger partial charge in [-0.25, -0.2) is 0 Å². The van der Waals surface area contributed by atoms with Crippen molar-refractivity contribution in [2.75, 3.05) is 13.2 Å². The zero-order valence-electron chi connectivity index (χ0n) is 52.9. The molecule has 0 spiro atoms. The van der Waals surface area contributed by atoms with Gasteiger partial charge in [0, 0.05) is 19.3 Å². The average molecular weight is 1130 g/mol. The largest absolute Gasteiger partial charge is 0.462 e. The number of ether oxygens (including phenoxy) is 3. The van der Waals surface area contributed by atoms with E-state index in [-0.39, 0.29) is 37.5 Å². The molecule has 0 fully saturated rings. The summed E-state index contributed by atoms with van der Waals surface area (Å²) in [4.78, 5) is 38.3. The molecule has 0 saturated carbocycles. The van der Waals surface area contributed by atoms with Crippen molar-refractivity contribution in [3.8, 4) is 0 Å². The zero-order valence-corrected chi connectivity index (χ0v) is 52.9. The summed E-state index contributed by atoms with van der Waals surface area (Å²) in [6.07, 6.45) is 99.7. The van der Waals surface area contributed by atoms with Crippen molar-refractivity contribution in [2.24, 2.45) is 0 Å². The normalized spacial score (nSPS) is 13.2. The van der Waals surface area contributed by atoms with Crippen LogP contribution in [0.25, 0.3) is 0 Å². The molecule has 0 rings (SSSR count). The molecule has 0 radical (unpaired) electrons. The fraction of sp³-hybridized carbons (Fsp3) is 0.618. The maximum Gasteiger partial charge on any atom is 0.306 e. The molecule has 0 aliphatic heterocycles. The van der Waals surface area contributed by atoms with Crippen molar-refractivity contribution in [2.45, 2.75) is 290 Å². The monoisotopic (exact) mass is 1130 g/mol. The number of unbranched alkanes of at least 4 members (excludes halogenated alkanes) is 22. The van der Waals surface area contributed by atoms with Gasteiger partial charge in [0.2, 0.25) is 0 Å². The number of rotatable bonds is 59. The van der Waals surface area contributed by atoms with Crippen LogP contribution in [0.4, 0.5) is 0 Å². The second-order valence-corrected chi connectivity index (χ2v) is 21.6. The Morgan fingerprint density at radius 2 is 0.476 bits per heavy atom. The van der Waals surface area contributed by atoms with Gasteiger partial charge in [-0.05, 0) is 128 Å². The SMILES string of the molecule is CC/C=C\C/C=C\C/C=C\C/C=C\C/C=C\C/C=C\C/C=C\CCCCCCCCCCCC(=O)OCC(COC(=O)CCCCCCCCCCCCCC)OC(=O)CCCC/C=C\C/C=C\C/C=C\C/C=C\C/C=C\C/C=C\CC. The molecule has 462 valence electrons. The van der Waals surface area contributed by atoms with Gasteiger partial charge >= 0.3 is 17.9 Å². The first-order valence-corrected chi connectivity index (χ1v) is 33.5. The molecule has 0 amide bonds. The molecule has 0 aliphatic carbocycles. The Labute approximate surface area is 505 Å². The third-order valence-corrected chi connectivity index (χ3v) is 13.8. The lowest BCUT2D eigenvalue weighted by atomic mass is 10.0. The van der Waals surface area contributed by atoms with Crippen LogP contribution in [0.15, 0.2) is 158 Å². The number of hydrogen-bond donors (Lipinski definition) is 0.